The third-order valence-corrected chi connectivity index (χ3v) is 5.74. The van der Waals surface area contributed by atoms with Crippen LogP contribution in [0.1, 0.15) is 50.8 Å². The number of ether oxygens (including phenoxy) is 1. The lowest BCUT2D eigenvalue weighted by Crippen LogP contribution is -2.52. The summed E-state index contributed by atoms with van der Waals surface area (Å²) in [5, 5.41) is 5.73. The molecule has 0 saturated carbocycles. The van der Waals surface area contributed by atoms with Crippen LogP contribution in [0.3, 0.4) is 0 Å². The molecule has 4 N–H and O–H groups in total. The van der Waals surface area contributed by atoms with Crippen LogP contribution < -0.4 is 16.4 Å². The van der Waals surface area contributed by atoms with Crippen LogP contribution >= 0.6 is 11.6 Å². The van der Waals surface area contributed by atoms with Crippen molar-refractivity contribution in [3.05, 3.63) is 77.3 Å². The minimum atomic E-state index is -1.20. The van der Waals surface area contributed by atoms with Crippen molar-refractivity contribution in [1.29, 1.82) is 0 Å². The molecule has 2 rings (SSSR count). The van der Waals surface area contributed by atoms with Gasteiger partial charge in [-0.25, -0.2) is 4.79 Å². The van der Waals surface area contributed by atoms with Gasteiger partial charge in [0.25, 0.3) is 5.91 Å². The Kier molecular flexibility index (Phi) is 10.9. The average Bonchev–Trinajstić information content (AvgIpc) is 2.83. The third-order valence-electron chi connectivity index (χ3n) is 5.42. The molecule has 4 amide bonds. The molecule has 204 valence electrons. The molecule has 0 aliphatic carbocycles. The Morgan fingerprint density at radius 2 is 1.76 bits per heavy atom. The Morgan fingerprint density at radius 3 is 2.32 bits per heavy atom. The Morgan fingerprint density at radius 1 is 1.11 bits per heavy atom. The van der Waals surface area contributed by atoms with Gasteiger partial charge in [-0.1, -0.05) is 60.1 Å². The number of para-hydroxylation sites is 1. The average molecular weight is 543 g/mol. The number of amides is 4. The molecule has 0 fully saturated rings. The van der Waals surface area contributed by atoms with Crippen molar-refractivity contribution in [3.63, 3.8) is 0 Å². The highest BCUT2D eigenvalue weighted by Gasteiger charge is 2.36. The van der Waals surface area contributed by atoms with Crippen molar-refractivity contribution in [2.24, 2.45) is 5.73 Å². The molecule has 2 atom stereocenters. The SMILES string of the molecule is C=CCN(C(=O)C(CCC(N)=O)NC(=O)OC(C)(C)C)C(C(=O)Nc1c(C)cccc1Cl)c1ccccc1. The summed E-state index contributed by atoms with van der Waals surface area (Å²) < 4.78 is 5.31. The predicted molar refractivity (Wildman–Crippen MR) is 147 cm³/mol. The smallest absolute Gasteiger partial charge is 0.408 e. The number of halogens is 1. The lowest BCUT2D eigenvalue weighted by atomic mass is 10.0. The van der Waals surface area contributed by atoms with Crippen LogP contribution in [0.2, 0.25) is 5.02 Å². The lowest BCUT2D eigenvalue weighted by molar-refractivity contribution is -0.140. The van der Waals surface area contributed by atoms with Crippen LogP contribution in [0.4, 0.5) is 10.5 Å². The Balaban J connectivity index is 2.50. The fourth-order valence-corrected chi connectivity index (χ4v) is 4.01. The molecule has 0 spiro atoms. The van der Waals surface area contributed by atoms with E-state index in [1.807, 2.05) is 0 Å². The van der Waals surface area contributed by atoms with E-state index in [4.69, 9.17) is 22.1 Å². The first kappa shape index (κ1) is 30.4. The first-order valence-corrected chi connectivity index (χ1v) is 12.5. The summed E-state index contributed by atoms with van der Waals surface area (Å²) in [6.45, 7) is 10.6. The van der Waals surface area contributed by atoms with Gasteiger partial charge in [-0.3, -0.25) is 14.4 Å². The highest BCUT2D eigenvalue weighted by molar-refractivity contribution is 6.34. The van der Waals surface area contributed by atoms with E-state index in [9.17, 15) is 19.2 Å². The van der Waals surface area contributed by atoms with Gasteiger partial charge >= 0.3 is 6.09 Å². The van der Waals surface area contributed by atoms with Crippen molar-refractivity contribution in [1.82, 2.24) is 10.2 Å². The second-order valence-electron chi connectivity index (χ2n) is 9.72. The van der Waals surface area contributed by atoms with Gasteiger partial charge in [0.15, 0.2) is 0 Å². The molecule has 0 heterocycles. The van der Waals surface area contributed by atoms with Crippen molar-refractivity contribution >= 4 is 41.1 Å². The van der Waals surface area contributed by atoms with Gasteiger partial charge in [0.05, 0.1) is 10.7 Å². The molecular formula is C28H35ClN4O5. The van der Waals surface area contributed by atoms with E-state index < -0.39 is 41.5 Å². The van der Waals surface area contributed by atoms with Gasteiger partial charge in [0.2, 0.25) is 11.8 Å². The molecule has 0 saturated heterocycles. The molecular weight excluding hydrogens is 508 g/mol. The van der Waals surface area contributed by atoms with E-state index in [2.05, 4.69) is 17.2 Å². The molecule has 0 aliphatic rings. The van der Waals surface area contributed by atoms with Crippen molar-refractivity contribution < 1.29 is 23.9 Å². The number of carbonyl (C=O) groups excluding carboxylic acids is 4. The minimum Gasteiger partial charge on any atom is -0.444 e. The minimum absolute atomic E-state index is 0.0314. The Bertz CT molecular complexity index is 1140. The van der Waals surface area contributed by atoms with E-state index in [0.717, 1.165) is 5.56 Å². The number of anilines is 1. The molecule has 0 bridgehead atoms. The molecule has 0 radical (unpaired) electrons. The number of nitrogens with two attached hydrogens (primary N) is 1. The van der Waals surface area contributed by atoms with E-state index in [-0.39, 0.29) is 19.4 Å². The summed E-state index contributed by atoms with van der Waals surface area (Å²) in [7, 11) is 0. The summed E-state index contributed by atoms with van der Waals surface area (Å²) in [5.74, 6) is -1.78. The first-order chi connectivity index (χ1) is 17.8. The topological polar surface area (TPSA) is 131 Å². The number of benzene rings is 2. The van der Waals surface area contributed by atoms with Gasteiger partial charge in [-0.05, 0) is 51.3 Å². The van der Waals surface area contributed by atoms with Crippen LogP contribution in [0.5, 0.6) is 0 Å². The Labute approximate surface area is 228 Å². The van der Waals surface area contributed by atoms with Crippen LogP contribution in [-0.4, -0.2) is 46.9 Å². The highest BCUT2D eigenvalue weighted by atomic mass is 35.5. The summed E-state index contributed by atoms with van der Waals surface area (Å²) in [6, 6.07) is 11.6. The fraction of sp³-hybridized carbons (Fsp3) is 0.357. The zero-order chi connectivity index (χ0) is 28.5. The van der Waals surface area contributed by atoms with Crippen LogP contribution in [0, 0.1) is 6.92 Å². The monoisotopic (exact) mass is 542 g/mol. The van der Waals surface area contributed by atoms with Gasteiger partial charge in [0, 0.05) is 13.0 Å². The number of nitrogens with one attached hydrogen (secondary N) is 2. The molecule has 2 aromatic rings. The number of nitrogens with zero attached hydrogens (tertiary/aromatic N) is 1. The Hall–Kier alpha value is -3.85. The maximum atomic E-state index is 13.9. The number of rotatable bonds is 11. The van der Waals surface area contributed by atoms with Crippen molar-refractivity contribution in [2.75, 3.05) is 11.9 Å². The van der Waals surface area contributed by atoms with E-state index >= 15 is 0 Å². The van der Waals surface area contributed by atoms with Crippen LogP contribution in [0.15, 0.2) is 61.2 Å². The number of carbonyl (C=O) groups is 4. The maximum absolute atomic E-state index is 13.9. The molecule has 0 aliphatic heterocycles. The number of hydrogen-bond acceptors (Lipinski definition) is 5. The molecule has 0 aromatic heterocycles. The molecule has 2 unspecified atom stereocenters. The van der Waals surface area contributed by atoms with Crippen LogP contribution in [-0.2, 0) is 19.1 Å². The zero-order valence-electron chi connectivity index (χ0n) is 22.1. The lowest BCUT2D eigenvalue weighted by Gasteiger charge is -2.34. The molecule has 2 aromatic carbocycles. The second-order valence-corrected chi connectivity index (χ2v) is 10.1. The normalized spacial score (nSPS) is 12.6. The van der Waals surface area contributed by atoms with E-state index in [0.29, 0.717) is 16.3 Å². The highest BCUT2D eigenvalue weighted by Crippen LogP contribution is 2.29. The number of aryl methyl sites for hydroxylation is 1. The maximum Gasteiger partial charge on any atom is 0.408 e. The second kappa shape index (κ2) is 13.6. The van der Waals surface area contributed by atoms with E-state index in [1.54, 1.807) is 76.2 Å². The van der Waals surface area contributed by atoms with Gasteiger partial charge in [-0.2, -0.15) is 0 Å². The van der Waals surface area contributed by atoms with Crippen LogP contribution in [0.25, 0.3) is 0 Å². The van der Waals surface area contributed by atoms with Crippen molar-refractivity contribution in [2.45, 2.75) is 58.2 Å². The number of alkyl carbamates (subject to hydrolysis) is 1. The third kappa shape index (κ3) is 8.92. The van der Waals surface area contributed by atoms with Gasteiger partial charge in [0.1, 0.15) is 17.7 Å². The fourth-order valence-electron chi connectivity index (χ4n) is 3.75. The standard InChI is InChI=1S/C28H35ClN4O5/c1-6-17-33(26(36)21(15-16-22(30)34)31-27(37)38-28(3,4)5)24(19-12-8-7-9-13-19)25(35)32-23-18(2)11-10-14-20(23)29/h6-14,21,24H,1,15-17H2,2-5H3,(H2,30,34)(H,31,37)(H,32,35). The summed E-state index contributed by atoms with van der Waals surface area (Å²) in [6.07, 6.45) is 0.370. The summed E-state index contributed by atoms with van der Waals surface area (Å²) in [4.78, 5) is 53.0. The summed E-state index contributed by atoms with van der Waals surface area (Å²) in [5.41, 5.74) is 6.19. The van der Waals surface area contributed by atoms with Crippen molar-refractivity contribution in [3.8, 4) is 0 Å². The number of primary amides is 1. The molecule has 10 heteroatoms. The molecule has 38 heavy (non-hydrogen) atoms. The predicted octanol–water partition coefficient (Wildman–Crippen LogP) is 4.50. The summed E-state index contributed by atoms with van der Waals surface area (Å²) >= 11 is 6.34. The quantitative estimate of drug-likeness (QED) is 0.360. The first-order valence-electron chi connectivity index (χ1n) is 12.1. The zero-order valence-corrected chi connectivity index (χ0v) is 22.9. The van der Waals surface area contributed by atoms with Gasteiger partial charge < -0.3 is 26.0 Å². The number of hydrogen-bond donors (Lipinski definition) is 3. The van der Waals surface area contributed by atoms with Gasteiger partial charge in [-0.15, -0.1) is 6.58 Å². The van der Waals surface area contributed by atoms with E-state index in [1.165, 1.54) is 11.0 Å². The molecule has 9 nitrogen and oxygen atoms in total. The largest absolute Gasteiger partial charge is 0.444 e.